The van der Waals surface area contributed by atoms with Crippen LogP contribution in [0.2, 0.25) is 0 Å². The molecule has 1 fully saturated rings. The van der Waals surface area contributed by atoms with Gasteiger partial charge in [-0.05, 0) is 70.8 Å². The number of carbonyl (C=O) groups is 10. The molecule has 1 aliphatic carbocycles. The van der Waals surface area contributed by atoms with Gasteiger partial charge in [-0.1, -0.05) is 64.1 Å². The van der Waals surface area contributed by atoms with Gasteiger partial charge in [0, 0.05) is 42.0 Å². The first kappa shape index (κ1) is 57.4. The van der Waals surface area contributed by atoms with Gasteiger partial charge >= 0.3 is 12.1 Å². The maximum Gasteiger partial charge on any atom is 0.490 e. The van der Waals surface area contributed by atoms with Crippen molar-refractivity contribution in [1.82, 2.24) is 36.8 Å². The fourth-order valence-electron chi connectivity index (χ4n) is 7.48. The molecule has 0 bridgehead atoms. The number of likely N-dealkylation sites (tertiary alicyclic amines) is 1. The van der Waals surface area contributed by atoms with Crippen molar-refractivity contribution < 1.29 is 66.2 Å². The predicted octanol–water partition coefficient (Wildman–Crippen LogP) is 1.54. The summed E-state index contributed by atoms with van der Waals surface area (Å²) in [7, 11) is 0. The van der Waals surface area contributed by atoms with E-state index in [4.69, 9.17) is 15.6 Å². The molecule has 0 aromatic heterocycles. The van der Waals surface area contributed by atoms with Crippen molar-refractivity contribution in [2.45, 2.75) is 123 Å². The topological polar surface area (TPSA) is 304 Å². The molecule has 0 radical (unpaired) electrons. The summed E-state index contributed by atoms with van der Waals surface area (Å²) in [6.07, 6.45) is -3.08. The smallest absolute Gasteiger partial charge is 0.475 e. The third kappa shape index (κ3) is 16.7. The second-order valence-electron chi connectivity index (χ2n) is 17.9. The van der Waals surface area contributed by atoms with Crippen molar-refractivity contribution in [3.05, 3.63) is 64.7 Å². The summed E-state index contributed by atoms with van der Waals surface area (Å²) in [5.74, 6) is -7.09. The van der Waals surface area contributed by atoms with E-state index in [1.807, 2.05) is 27.7 Å². The number of fused-ring (bicyclic) bond motifs is 2. The summed E-state index contributed by atoms with van der Waals surface area (Å²) in [4.78, 5) is 128. The molecule has 384 valence electrons. The van der Waals surface area contributed by atoms with E-state index in [0.717, 1.165) is 0 Å². The van der Waals surface area contributed by atoms with Gasteiger partial charge in [-0.25, -0.2) is 4.79 Å². The molecule has 70 heavy (non-hydrogen) atoms. The Bertz CT molecular complexity index is 2270. The maximum atomic E-state index is 14.0. The van der Waals surface area contributed by atoms with Crippen LogP contribution in [0, 0.1) is 11.8 Å². The van der Waals surface area contributed by atoms with Gasteiger partial charge in [0.2, 0.25) is 41.4 Å². The van der Waals surface area contributed by atoms with Crippen LogP contribution >= 0.6 is 0 Å². The molecule has 1 saturated heterocycles. The van der Waals surface area contributed by atoms with Crippen molar-refractivity contribution >= 4 is 64.6 Å². The Morgan fingerprint density at radius 2 is 1.26 bits per heavy atom. The first-order valence-corrected chi connectivity index (χ1v) is 22.9. The molecular formula is C47H64F3N9O11. The standard InChI is InChI=1S/C45H63N9O9.C2HF3O2/c1-24(2)21-33(52-36(55)23-49-41(59)27(6)50-40(58)26(5)46)43(61)51-28(7)42(60)53-34(22-25(3)4)45(63)54-20-11-17-35(54)44(62)48-19-12-18-47-32-16-10-15-31-37(32)39(57)30-14-9-8-13-29(30)38(31)56;3-2(4,5)1(6)7/h8-10,13-16,24-28,33-35,47H,11-12,17-23,46H2,1-7H3,(H,48,62)(H,49,59)(H,50,58)(H,51,61)(H,52,55)(H,53,60);(H,6,7)/t26-,27-,28-,33-,34-,35-;/m0./s1. The number of benzene rings is 2. The fraction of sp³-hybridized carbons (Fsp3) is 0.532. The van der Waals surface area contributed by atoms with E-state index in [9.17, 15) is 56.3 Å². The molecular weight excluding hydrogens is 924 g/mol. The molecule has 1 aliphatic heterocycles. The molecule has 0 spiro atoms. The highest BCUT2D eigenvalue weighted by molar-refractivity contribution is 6.30. The normalized spacial score (nSPS) is 16.2. The van der Waals surface area contributed by atoms with Crippen LogP contribution in [0.4, 0.5) is 18.9 Å². The Balaban J connectivity index is 0.00000171. The third-order valence-electron chi connectivity index (χ3n) is 11.0. The number of hydrogen-bond donors (Lipinski definition) is 9. The minimum absolute atomic E-state index is 0.0143. The van der Waals surface area contributed by atoms with E-state index in [-0.39, 0.29) is 48.7 Å². The minimum atomic E-state index is -5.08. The lowest BCUT2D eigenvalue weighted by Gasteiger charge is -2.30. The molecule has 2 aliphatic rings. The van der Waals surface area contributed by atoms with Gasteiger partial charge < -0.3 is 53.0 Å². The van der Waals surface area contributed by atoms with Crippen LogP contribution in [0.5, 0.6) is 0 Å². The molecule has 6 atom stereocenters. The van der Waals surface area contributed by atoms with Crippen LogP contribution < -0.4 is 43.0 Å². The first-order valence-electron chi connectivity index (χ1n) is 22.9. The fourth-order valence-corrected chi connectivity index (χ4v) is 7.48. The summed E-state index contributed by atoms with van der Waals surface area (Å²) in [6.45, 7) is 12.4. The highest BCUT2D eigenvalue weighted by Crippen LogP contribution is 2.32. The summed E-state index contributed by atoms with van der Waals surface area (Å²) in [6, 6.07) is 6.16. The third-order valence-corrected chi connectivity index (χ3v) is 11.0. The average Bonchev–Trinajstić information content (AvgIpc) is 3.79. The van der Waals surface area contributed by atoms with Crippen LogP contribution in [0.25, 0.3) is 0 Å². The summed E-state index contributed by atoms with van der Waals surface area (Å²) < 4.78 is 31.7. The summed E-state index contributed by atoms with van der Waals surface area (Å²) in [5.41, 5.74) is 7.45. The summed E-state index contributed by atoms with van der Waals surface area (Å²) >= 11 is 0. The van der Waals surface area contributed by atoms with E-state index >= 15 is 0 Å². The molecule has 2 aromatic carbocycles. The number of ketones is 2. The number of carboxylic acids is 1. The second kappa shape index (κ2) is 26.2. The Morgan fingerprint density at radius 1 is 0.700 bits per heavy atom. The molecule has 1 heterocycles. The molecule has 7 amide bonds. The van der Waals surface area contributed by atoms with Gasteiger partial charge in [0.05, 0.1) is 18.2 Å². The molecule has 0 saturated carbocycles. The van der Waals surface area contributed by atoms with E-state index in [1.54, 1.807) is 42.5 Å². The van der Waals surface area contributed by atoms with Gasteiger partial charge in [0.1, 0.15) is 30.2 Å². The van der Waals surface area contributed by atoms with Crippen molar-refractivity contribution in [2.24, 2.45) is 17.6 Å². The number of hydrogen-bond acceptors (Lipinski definition) is 12. The predicted molar refractivity (Wildman–Crippen MR) is 249 cm³/mol. The number of nitrogens with zero attached hydrogens (tertiary/aromatic N) is 1. The SMILES string of the molecule is CC(C)C[C@H](NC(=O)CNC(=O)[C@H](C)NC(=O)[C@H](C)N)C(=O)N[C@@H](C)C(=O)N[C@@H](CC(C)C)C(=O)N1CCC[C@H]1C(=O)NCCCNc1cccc2c1C(=O)c1ccccc1C2=O.O=C(O)C(F)(F)F. The quantitative estimate of drug-likeness (QED) is 0.0686. The molecule has 23 heteroatoms. The van der Waals surface area contributed by atoms with Gasteiger partial charge in [-0.15, -0.1) is 0 Å². The van der Waals surface area contributed by atoms with Crippen LogP contribution in [-0.2, 0) is 38.4 Å². The Labute approximate surface area is 403 Å². The molecule has 0 unspecified atom stereocenters. The molecule has 2 aromatic rings. The number of amides is 7. The van der Waals surface area contributed by atoms with Crippen molar-refractivity contribution in [1.29, 1.82) is 0 Å². The van der Waals surface area contributed by atoms with E-state index < -0.39 is 90.4 Å². The number of aliphatic carboxylic acids is 1. The summed E-state index contributed by atoms with van der Waals surface area (Å²) in [5, 5.41) is 26.1. The van der Waals surface area contributed by atoms with Crippen molar-refractivity contribution in [2.75, 3.05) is 31.5 Å². The highest BCUT2D eigenvalue weighted by Gasteiger charge is 2.40. The van der Waals surface area contributed by atoms with Gasteiger partial charge in [-0.2, -0.15) is 13.2 Å². The number of anilines is 1. The number of nitrogens with one attached hydrogen (secondary N) is 7. The largest absolute Gasteiger partial charge is 0.490 e. The number of alkyl halides is 3. The lowest BCUT2D eigenvalue weighted by atomic mass is 9.83. The lowest BCUT2D eigenvalue weighted by molar-refractivity contribution is -0.192. The zero-order valence-corrected chi connectivity index (χ0v) is 40.2. The van der Waals surface area contributed by atoms with Gasteiger partial charge in [0.15, 0.2) is 11.6 Å². The Morgan fingerprint density at radius 3 is 1.84 bits per heavy atom. The van der Waals surface area contributed by atoms with Crippen LogP contribution in [0.1, 0.15) is 112 Å². The minimum Gasteiger partial charge on any atom is -0.475 e. The van der Waals surface area contributed by atoms with Crippen LogP contribution in [-0.4, -0.2) is 137 Å². The molecule has 10 N–H and O–H groups in total. The lowest BCUT2D eigenvalue weighted by Crippen LogP contribution is -2.58. The monoisotopic (exact) mass is 987 g/mol. The van der Waals surface area contributed by atoms with Crippen molar-refractivity contribution in [3.8, 4) is 0 Å². The van der Waals surface area contributed by atoms with E-state index in [0.29, 0.717) is 60.3 Å². The van der Waals surface area contributed by atoms with Gasteiger partial charge in [-0.3, -0.25) is 43.2 Å². The van der Waals surface area contributed by atoms with E-state index in [1.165, 1.54) is 25.7 Å². The zero-order valence-electron chi connectivity index (χ0n) is 40.2. The number of nitrogens with two attached hydrogens (primary N) is 1. The maximum absolute atomic E-state index is 14.0. The second-order valence-corrected chi connectivity index (χ2v) is 17.9. The Kier molecular flexibility index (Phi) is 21.5. The van der Waals surface area contributed by atoms with Gasteiger partial charge in [0.25, 0.3) is 0 Å². The van der Waals surface area contributed by atoms with Crippen LogP contribution in [0.15, 0.2) is 42.5 Å². The van der Waals surface area contributed by atoms with E-state index in [2.05, 4.69) is 37.2 Å². The Hall–Kier alpha value is -6.91. The molecule has 20 nitrogen and oxygen atoms in total. The number of carboxylic acid groups (broad SMARTS) is 1. The number of halogens is 3. The zero-order chi connectivity index (χ0) is 52.6. The first-order chi connectivity index (χ1) is 32.7. The highest BCUT2D eigenvalue weighted by atomic mass is 19.4. The number of rotatable bonds is 21. The van der Waals surface area contributed by atoms with Crippen LogP contribution in [0.3, 0.4) is 0 Å². The average molecular weight is 988 g/mol. The molecule has 4 rings (SSSR count). The van der Waals surface area contributed by atoms with Crippen molar-refractivity contribution in [3.63, 3.8) is 0 Å². The number of carbonyl (C=O) groups excluding carboxylic acids is 9.